The molecule has 0 aromatic heterocycles. The minimum Gasteiger partial charge on any atom is -0.367 e. The molecule has 1 fully saturated rings. The summed E-state index contributed by atoms with van der Waals surface area (Å²) < 4.78 is 5.51. The zero-order valence-corrected chi connectivity index (χ0v) is 19.2. The molecule has 2 atom stereocenters. The minimum absolute atomic E-state index is 0.0717. The fraction of sp³-hybridized carbons (Fsp3) is 0.346. The molecule has 6 N–H and O–H groups in total. The van der Waals surface area contributed by atoms with Crippen molar-refractivity contribution >= 4 is 17.6 Å². The van der Waals surface area contributed by atoms with E-state index in [4.69, 9.17) is 16.2 Å². The lowest BCUT2D eigenvalue weighted by molar-refractivity contribution is -0.121. The summed E-state index contributed by atoms with van der Waals surface area (Å²) in [5, 5.41) is 5.89. The van der Waals surface area contributed by atoms with E-state index in [-0.39, 0.29) is 12.2 Å². The molecule has 2 aromatic rings. The number of morpholine rings is 1. The number of Topliss-reactive ketones (excluding diaryl/α,β-unsaturated/α-hetero) is 1. The van der Waals surface area contributed by atoms with Gasteiger partial charge in [0.25, 0.3) is 0 Å². The molecule has 0 spiro atoms. The van der Waals surface area contributed by atoms with Gasteiger partial charge >= 0.3 is 0 Å². The molecule has 1 aliphatic rings. The van der Waals surface area contributed by atoms with E-state index in [9.17, 15) is 14.4 Å². The van der Waals surface area contributed by atoms with Gasteiger partial charge in [0, 0.05) is 30.4 Å². The van der Waals surface area contributed by atoms with Gasteiger partial charge in [-0.25, -0.2) is 0 Å². The molecule has 2 aromatic carbocycles. The maximum atomic E-state index is 12.6. The molecule has 0 radical (unpaired) electrons. The van der Waals surface area contributed by atoms with Gasteiger partial charge in [0.05, 0.1) is 12.6 Å². The van der Waals surface area contributed by atoms with E-state index in [1.165, 1.54) is 11.6 Å². The van der Waals surface area contributed by atoms with Crippen LogP contribution in [-0.2, 0) is 27.2 Å². The van der Waals surface area contributed by atoms with Gasteiger partial charge in [0.15, 0.2) is 5.78 Å². The molecule has 180 valence electrons. The van der Waals surface area contributed by atoms with Crippen LogP contribution in [0.25, 0.3) is 0 Å². The third-order valence-electron chi connectivity index (χ3n) is 5.61. The van der Waals surface area contributed by atoms with E-state index in [0.717, 1.165) is 24.9 Å². The van der Waals surface area contributed by atoms with Crippen molar-refractivity contribution in [1.29, 1.82) is 0 Å². The third kappa shape index (κ3) is 7.91. The highest BCUT2D eigenvalue weighted by atomic mass is 16.5. The number of allylic oxidation sites excluding steroid dienone is 1. The second-order valence-electron chi connectivity index (χ2n) is 8.34. The number of rotatable bonds is 11. The number of ether oxygens (including phenoxy) is 1. The van der Waals surface area contributed by atoms with Crippen LogP contribution in [0.4, 0.5) is 0 Å². The average molecular weight is 465 g/mol. The highest BCUT2D eigenvalue weighted by molar-refractivity contribution is 5.99. The Morgan fingerprint density at radius 1 is 1.09 bits per heavy atom. The van der Waals surface area contributed by atoms with Crippen LogP contribution < -0.4 is 22.1 Å². The van der Waals surface area contributed by atoms with Crippen LogP contribution in [0.1, 0.15) is 34.3 Å². The van der Waals surface area contributed by atoms with Gasteiger partial charge in [0.1, 0.15) is 6.10 Å². The standard InChI is InChI=1S/C26H32N4O4/c27-22(15-19-9-11-20(12-10-19)25(32)23-17-29-13-14-34-23)26(33)30-21(16-24(28)31)8-4-7-18-5-2-1-3-6-18/h1-3,5-6,9-12,16,22-23,29H,4,7-8,13-15,17,27H2,(H2,28,31)(H,30,33)/t22-,23?/m0/s1. The van der Waals surface area contributed by atoms with E-state index < -0.39 is 24.0 Å². The second-order valence-corrected chi connectivity index (χ2v) is 8.34. The first-order valence-corrected chi connectivity index (χ1v) is 11.5. The molecule has 3 rings (SSSR count). The predicted octanol–water partition coefficient (Wildman–Crippen LogP) is 1.24. The Kier molecular flexibility index (Phi) is 9.51. The topological polar surface area (TPSA) is 137 Å². The summed E-state index contributed by atoms with van der Waals surface area (Å²) in [6, 6.07) is 16.2. The summed E-state index contributed by atoms with van der Waals surface area (Å²) in [7, 11) is 0. The smallest absolute Gasteiger partial charge is 0.243 e. The zero-order chi connectivity index (χ0) is 24.3. The number of amides is 2. The van der Waals surface area contributed by atoms with E-state index in [0.29, 0.717) is 30.8 Å². The highest BCUT2D eigenvalue weighted by Crippen LogP contribution is 2.13. The van der Waals surface area contributed by atoms with Gasteiger partial charge in [0.2, 0.25) is 11.8 Å². The van der Waals surface area contributed by atoms with Gasteiger partial charge in [-0.05, 0) is 36.8 Å². The number of aryl methyl sites for hydroxylation is 1. The molecule has 1 unspecified atom stereocenters. The summed E-state index contributed by atoms with van der Waals surface area (Å²) in [6.45, 7) is 1.75. The molecule has 0 bridgehead atoms. The van der Waals surface area contributed by atoms with Gasteiger partial charge in [-0.2, -0.15) is 0 Å². The SMILES string of the molecule is NC(=O)C=C(CCCc1ccccc1)NC(=O)[C@@H](N)Cc1ccc(C(=O)C2CNCCO2)cc1. The highest BCUT2D eigenvalue weighted by Gasteiger charge is 2.23. The van der Waals surface area contributed by atoms with E-state index in [1.807, 2.05) is 30.3 Å². The van der Waals surface area contributed by atoms with E-state index in [1.54, 1.807) is 24.3 Å². The first kappa shape index (κ1) is 25.3. The first-order valence-electron chi connectivity index (χ1n) is 11.5. The summed E-state index contributed by atoms with van der Waals surface area (Å²) in [5.74, 6) is -1.09. The fourth-order valence-electron chi connectivity index (χ4n) is 3.79. The fourth-order valence-corrected chi connectivity index (χ4v) is 3.79. The largest absolute Gasteiger partial charge is 0.367 e. The Hall–Kier alpha value is -3.33. The zero-order valence-electron chi connectivity index (χ0n) is 19.2. The number of carbonyl (C=O) groups is 3. The van der Waals surface area contributed by atoms with Crippen LogP contribution in [0.3, 0.4) is 0 Å². The van der Waals surface area contributed by atoms with Crippen LogP contribution in [-0.4, -0.2) is 49.4 Å². The van der Waals surface area contributed by atoms with Crippen molar-refractivity contribution < 1.29 is 19.1 Å². The van der Waals surface area contributed by atoms with Crippen molar-refractivity contribution in [3.05, 3.63) is 83.1 Å². The number of nitrogens with one attached hydrogen (secondary N) is 2. The van der Waals surface area contributed by atoms with Crippen molar-refractivity contribution in [3.8, 4) is 0 Å². The van der Waals surface area contributed by atoms with Crippen LogP contribution in [0, 0.1) is 0 Å². The Labute approximate surface area is 199 Å². The van der Waals surface area contributed by atoms with Crippen molar-refractivity contribution in [2.75, 3.05) is 19.7 Å². The summed E-state index contributed by atoms with van der Waals surface area (Å²) in [5.41, 5.74) is 14.4. The quantitative estimate of drug-likeness (QED) is 0.292. The third-order valence-corrected chi connectivity index (χ3v) is 5.61. The lowest BCUT2D eigenvalue weighted by atomic mass is 10.00. The second kappa shape index (κ2) is 12.8. The van der Waals surface area contributed by atoms with Crippen molar-refractivity contribution in [2.45, 2.75) is 37.8 Å². The number of carbonyl (C=O) groups excluding carboxylic acids is 3. The van der Waals surface area contributed by atoms with Crippen molar-refractivity contribution in [2.24, 2.45) is 11.5 Å². The van der Waals surface area contributed by atoms with Gasteiger partial charge < -0.3 is 26.8 Å². The van der Waals surface area contributed by atoms with Gasteiger partial charge in [-0.3, -0.25) is 14.4 Å². The number of benzene rings is 2. The molecule has 0 aliphatic carbocycles. The maximum absolute atomic E-state index is 12.6. The average Bonchev–Trinajstić information content (AvgIpc) is 2.85. The summed E-state index contributed by atoms with van der Waals surface area (Å²) in [6.07, 6.45) is 3.09. The number of hydrogen-bond acceptors (Lipinski definition) is 6. The molecule has 8 nitrogen and oxygen atoms in total. The Balaban J connectivity index is 1.52. The number of hydrogen-bond donors (Lipinski definition) is 4. The summed E-state index contributed by atoms with van der Waals surface area (Å²) in [4.78, 5) is 36.6. The lowest BCUT2D eigenvalue weighted by Crippen LogP contribution is -2.43. The Morgan fingerprint density at radius 3 is 2.47 bits per heavy atom. The van der Waals surface area contributed by atoms with Gasteiger partial charge in [-0.1, -0.05) is 54.6 Å². The van der Waals surface area contributed by atoms with Crippen molar-refractivity contribution in [1.82, 2.24) is 10.6 Å². The van der Waals surface area contributed by atoms with Crippen molar-refractivity contribution in [3.63, 3.8) is 0 Å². The van der Waals surface area contributed by atoms with Crippen LogP contribution in [0.15, 0.2) is 66.4 Å². The molecule has 1 aliphatic heterocycles. The molecule has 1 saturated heterocycles. The van der Waals surface area contributed by atoms with E-state index >= 15 is 0 Å². The van der Waals surface area contributed by atoms with Crippen LogP contribution in [0.2, 0.25) is 0 Å². The van der Waals surface area contributed by atoms with Crippen LogP contribution >= 0.6 is 0 Å². The minimum atomic E-state index is -0.821. The predicted molar refractivity (Wildman–Crippen MR) is 130 cm³/mol. The Bertz CT molecular complexity index is 999. The van der Waals surface area contributed by atoms with Gasteiger partial charge in [-0.15, -0.1) is 0 Å². The number of nitrogens with two attached hydrogens (primary N) is 2. The summed E-state index contributed by atoms with van der Waals surface area (Å²) >= 11 is 0. The molecule has 8 heteroatoms. The Morgan fingerprint density at radius 2 is 1.82 bits per heavy atom. The number of primary amides is 1. The van der Waals surface area contributed by atoms with Crippen LogP contribution in [0.5, 0.6) is 0 Å². The number of ketones is 1. The molecule has 1 heterocycles. The molecular formula is C26H32N4O4. The molecule has 34 heavy (non-hydrogen) atoms. The molecule has 0 saturated carbocycles. The molecule has 2 amide bonds. The molecular weight excluding hydrogens is 432 g/mol. The monoisotopic (exact) mass is 464 g/mol. The maximum Gasteiger partial charge on any atom is 0.243 e. The van der Waals surface area contributed by atoms with E-state index in [2.05, 4.69) is 10.6 Å². The normalized spacial score (nSPS) is 17.1. The first-order chi connectivity index (χ1) is 16.4. The lowest BCUT2D eigenvalue weighted by Gasteiger charge is -2.22.